The molecule has 6 heteroatoms. The number of methoxy groups -OCH3 is 1. The molecule has 27 heavy (non-hydrogen) atoms. The molecule has 0 fully saturated rings. The Morgan fingerprint density at radius 2 is 2.00 bits per heavy atom. The first kappa shape index (κ1) is 19.3. The average Bonchev–Trinajstić information content (AvgIpc) is 3.05. The number of amides is 1. The summed E-state index contributed by atoms with van der Waals surface area (Å²) in [5.41, 5.74) is 3.93. The lowest BCUT2D eigenvalue weighted by atomic mass is 10.1. The van der Waals surface area contributed by atoms with E-state index in [0.717, 1.165) is 21.9 Å². The molecule has 0 unspecified atom stereocenters. The largest absolute Gasteiger partial charge is 0.497 e. The van der Waals surface area contributed by atoms with Crippen LogP contribution in [-0.2, 0) is 0 Å². The molecular formula is C21H26N3O2S+. The maximum Gasteiger partial charge on any atom is 0.260 e. The summed E-state index contributed by atoms with van der Waals surface area (Å²) >= 11 is 1.58. The Labute approximate surface area is 164 Å². The number of nitrogens with zero attached hydrogens (tertiary/aromatic N) is 2. The fourth-order valence-corrected chi connectivity index (χ4v) is 4.05. The van der Waals surface area contributed by atoms with Gasteiger partial charge in [0, 0.05) is 5.56 Å². The molecule has 1 N–H and O–H groups in total. The number of likely N-dealkylation sites (N-methyl/N-ethyl adjacent to an activating group) is 1. The van der Waals surface area contributed by atoms with Crippen LogP contribution in [-0.4, -0.2) is 45.2 Å². The van der Waals surface area contributed by atoms with Gasteiger partial charge in [-0.25, -0.2) is 4.98 Å². The number of aryl methyl sites for hydroxylation is 2. The number of hydrogen-bond acceptors (Lipinski definition) is 4. The number of ether oxygens (including phenoxy) is 1. The molecule has 0 aliphatic carbocycles. The molecule has 0 saturated carbocycles. The Morgan fingerprint density at radius 1 is 1.22 bits per heavy atom. The first-order valence-electron chi connectivity index (χ1n) is 9.02. The van der Waals surface area contributed by atoms with Crippen molar-refractivity contribution < 1.29 is 14.4 Å². The third-order valence-electron chi connectivity index (χ3n) is 4.44. The number of hydrogen-bond donors (Lipinski definition) is 1. The molecule has 0 atom stereocenters. The monoisotopic (exact) mass is 384 g/mol. The highest BCUT2D eigenvalue weighted by Gasteiger charge is 2.23. The van der Waals surface area contributed by atoms with Gasteiger partial charge in [-0.1, -0.05) is 23.5 Å². The van der Waals surface area contributed by atoms with E-state index in [1.165, 1.54) is 16.0 Å². The summed E-state index contributed by atoms with van der Waals surface area (Å²) in [6.07, 6.45) is 0. The molecule has 5 nitrogen and oxygen atoms in total. The highest BCUT2D eigenvalue weighted by molar-refractivity contribution is 7.22. The standard InChI is InChI=1S/C21H25N3O2S/c1-14-11-15(2)19-18(12-14)22-21(27-19)24(10-9-23(3)4)20(25)16-7-6-8-17(13-16)26-5/h6-8,11-13H,9-10H2,1-5H3/p+1. The van der Waals surface area contributed by atoms with Gasteiger partial charge in [0.25, 0.3) is 5.91 Å². The number of nitrogens with one attached hydrogen (secondary N) is 1. The van der Waals surface area contributed by atoms with Crippen molar-refractivity contribution in [3.63, 3.8) is 0 Å². The van der Waals surface area contributed by atoms with Crippen LogP contribution in [0.5, 0.6) is 5.75 Å². The van der Waals surface area contributed by atoms with Crippen LogP contribution in [0.4, 0.5) is 5.13 Å². The van der Waals surface area contributed by atoms with Gasteiger partial charge in [0.15, 0.2) is 5.13 Å². The van der Waals surface area contributed by atoms with E-state index in [9.17, 15) is 4.79 Å². The molecule has 142 valence electrons. The minimum absolute atomic E-state index is 0.0522. The zero-order valence-electron chi connectivity index (χ0n) is 16.5. The normalized spacial score (nSPS) is 11.2. The molecule has 0 bridgehead atoms. The van der Waals surface area contributed by atoms with Crippen LogP contribution in [0.25, 0.3) is 10.2 Å². The molecule has 1 amide bonds. The molecule has 1 heterocycles. The Balaban J connectivity index is 2.02. The Hall–Kier alpha value is -2.44. The van der Waals surface area contributed by atoms with Crippen molar-refractivity contribution in [3.05, 3.63) is 53.1 Å². The van der Waals surface area contributed by atoms with E-state index in [-0.39, 0.29) is 5.91 Å². The van der Waals surface area contributed by atoms with Gasteiger partial charge in [0.2, 0.25) is 0 Å². The van der Waals surface area contributed by atoms with Crippen molar-refractivity contribution in [3.8, 4) is 5.75 Å². The zero-order chi connectivity index (χ0) is 19.6. The number of carbonyl (C=O) groups is 1. The number of rotatable bonds is 6. The van der Waals surface area contributed by atoms with Gasteiger partial charge in [-0.3, -0.25) is 9.69 Å². The SMILES string of the molecule is COc1cccc(C(=O)N(CC[NH+](C)C)c2nc3cc(C)cc(C)c3s2)c1. The molecule has 0 spiro atoms. The van der Waals surface area contributed by atoms with Crippen molar-refractivity contribution in [2.75, 3.05) is 39.2 Å². The Bertz CT molecular complexity index is 965. The molecule has 3 aromatic rings. The smallest absolute Gasteiger partial charge is 0.260 e. The minimum Gasteiger partial charge on any atom is -0.497 e. The molecule has 0 radical (unpaired) electrons. The molecular weight excluding hydrogens is 358 g/mol. The highest BCUT2D eigenvalue weighted by Crippen LogP contribution is 2.32. The van der Waals surface area contributed by atoms with Crippen molar-refractivity contribution >= 4 is 32.6 Å². The third kappa shape index (κ3) is 4.28. The Kier molecular flexibility index (Phi) is 5.77. The summed E-state index contributed by atoms with van der Waals surface area (Å²) in [6.45, 7) is 5.61. The van der Waals surface area contributed by atoms with Crippen LogP contribution in [0.15, 0.2) is 36.4 Å². The van der Waals surface area contributed by atoms with E-state index in [4.69, 9.17) is 9.72 Å². The maximum absolute atomic E-state index is 13.3. The summed E-state index contributed by atoms with van der Waals surface area (Å²) < 4.78 is 6.41. The lowest BCUT2D eigenvalue weighted by molar-refractivity contribution is -0.856. The predicted molar refractivity (Wildman–Crippen MR) is 111 cm³/mol. The Morgan fingerprint density at radius 3 is 2.70 bits per heavy atom. The number of benzene rings is 2. The maximum atomic E-state index is 13.3. The lowest BCUT2D eigenvalue weighted by Crippen LogP contribution is -3.06. The van der Waals surface area contributed by atoms with E-state index in [0.29, 0.717) is 17.9 Å². The summed E-state index contributed by atoms with van der Waals surface area (Å²) in [5, 5.41) is 0.743. The van der Waals surface area contributed by atoms with E-state index in [2.05, 4.69) is 40.1 Å². The third-order valence-corrected chi connectivity index (χ3v) is 5.67. The molecule has 0 saturated heterocycles. The van der Waals surface area contributed by atoms with Gasteiger partial charge in [-0.15, -0.1) is 0 Å². The van der Waals surface area contributed by atoms with E-state index in [1.807, 2.05) is 18.2 Å². The molecule has 2 aromatic carbocycles. The van der Waals surface area contributed by atoms with Crippen LogP contribution < -0.4 is 14.5 Å². The summed E-state index contributed by atoms with van der Waals surface area (Å²) in [7, 11) is 5.77. The molecule has 0 aliphatic rings. The summed E-state index contributed by atoms with van der Waals surface area (Å²) in [4.78, 5) is 21.1. The van der Waals surface area contributed by atoms with Crippen molar-refractivity contribution in [1.82, 2.24) is 4.98 Å². The topological polar surface area (TPSA) is 46.9 Å². The molecule has 3 rings (SSSR count). The van der Waals surface area contributed by atoms with Crippen LogP contribution in [0.3, 0.4) is 0 Å². The summed E-state index contributed by atoms with van der Waals surface area (Å²) in [5.74, 6) is 0.624. The second kappa shape index (κ2) is 8.06. The number of anilines is 1. The first-order chi connectivity index (χ1) is 12.9. The van der Waals surface area contributed by atoms with E-state index >= 15 is 0 Å². The fraction of sp³-hybridized carbons (Fsp3) is 0.333. The second-order valence-corrected chi connectivity index (χ2v) is 8.05. The first-order valence-corrected chi connectivity index (χ1v) is 9.83. The average molecular weight is 385 g/mol. The highest BCUT2D eigenvalue weighted by atomic mass is 32.1. The van der Waals surface area contributed by atoms with E-state index in [1.54, 1.807) is 29.4 Å². The van der Waals surface area contributed by atoms with Gasteiger partial charge < -0.3 is 9.64 Å². The number of aromatic nitrogens is 1. The van der Waals surface area contributed by atoms with Crippen molar-refractivity contribution in [1.29, 1.82) is 0 Å². The summed E-state index contributed by atoms with van der Waals surface area (Å²) in [6, 6.07) is 11.5. The number of carbonyl (C=O) groups excluding carboxylic acids is 1. The van der Waals surface area contributed by atoms with Crippen LogP contribution in [0.1, 0.15) is 21.5 Å². The number of quaternary nitrogens is 1. The molecule has 1 aromatic heterocycles. The second-order valence-electron chi connectivity index (χ2n) is 7.07. The number of fused-ring (bicyclic) bond motifs is 1. The van der Waals surface area contributed by atoms with Gasteiger partial charge in [-0.2, -0.15) is 0 Å². The van der Waals surface area contributed by atoms with Crippen molar-refractivity contribution in [2.24, 2.45) is 0 Å². The van der Waals surface area contributed by atoms with Crippen molar-refractivity contribution in [2.45, 2.75) is 13.8 Å². The number of thiazole rings is 1. The van der Waals surface area contributed by atoms with Crippen LogP contribution in [0.2, 0.25) is 0 Å². The lowest BCUT2D eigenvalue weighted by Gasteiger charge is -2.21. The van der Waals surface area contributed by atoms with E-state index < -0.39 is 0 Å². The van der Waals surface area contributed by atoms with Gasteiger partial charge >= 0.3 is 0 Å². The minimum atomic E-state index is -0.0522. The molecule has 0 aliphatic heterocycles. The zero-order valence-corrected chi connectivity index (χ0v) is 17.3. The predicted octanol–water partition coefficient (Wildman–Crippen LogP) is 2.71. The fourth-order valence-electron chi connectivity index (χ4n) is 3.01. The van der Waals surface area contributed by atoms with Gasteiger partial charge in [0.1, 0.15) is 5.75 Å². The van der Waals surface area contributed by atoms with Gasteiger partial charge in [0.05, 0.1) is 44.5 Å². The van der Waals surface area contributed by atoms with Crippen LogP contribution in [0, 0.1) is 13.8 Å². The van der Waals surface area contributed by atoms with Gasteiger partial charge in [-0.05, 0) is 49.2 Å². The van der Waals surface area contributed by atoms with Crippen LogP contribution >= 0.6 is 11.3 Å². The quantitative estimate of drug-likeness (QED) is 0.711.